The van der Waals surface area contributed by atoms with Gasteiger partial charge in [-0.25, -0.2) is 8.42 Å². The lowest BCUT2D eigenvalue weighted by molar-refractivity contribution is 0.102. The fraction of sp³-hybridized carbons (Fsp3) is 0.381. The van der Waals surface area contributed by atoms with E-state index in [2.05, 4.69) is 5.32 Å². The van der Waals surface area contributed by atoms with E-state index in [0.717, 1.165) is 31.2 Å². The average Bonchev–Trinajstić information content (AvgIpc) is 2.68. The van der Waals surface area contributed by atoms with E-state index in [4.69, 9.17) is 0 Å². The molecule has 1 fully saturated rings. The highest BCUT2D eigenvalue weighted by atomic mass is 32.2. The summed E-state index contributed by atoms with van der Waals surface area (Å²) in [7, 11) is -1.86. The van der Waals surface area contributed by atoms with Crippen LogP contribution in [0.3, 0.4) is 0 Å². The highest BCUT2D eigenvalue weighted by molar-refractivity contribution is 7.89. The van der Waals surface area contributed by atoms with Gasteiger partial charge in [-0.3, -0.25) is 4.79 Å². The van der Waals surface area contributed by atoms with Gasteiger partial charge in [0, 0.05) is 24.3 Å². The minimum absolute atomic E-state index is 0.0733. The summed E-state index contributed by atoms with van der Waals surface area (Å²) in [5.74, 6) is -0.206. The molecule has 0 aliphatic heterocycles. The quantitative estimate of drug-likeness (QED) is 0.837. The summed E-state index contributed by atoms with van der Waals surface area (Å²) < 4.78 is 27.2. The highest BCUT2D eigenvalue weighted by Gasteiger charge is 2.28. The number of rotatable bonds is 5. The van der Waals surface area contributed by atoms with E-state index in [0.29, 0.717) is 11.3 Å². The van der Waals surface area contributed by atoms with Gasteiger partial charge in [-0.05, 0) is 55.7 Å². The molecule has 1 N–H and O–H groups in total. The second kappa shape index (κ2) is 8.23. The largest absolute Gasteiger partial charge is 0.322 e. The Kier molecular flexibility index (Phi) is 5.97. The number of carbonyl (C=O) groups excluding carboxylic acids is 1. The SMILES string of the molecule is Cc1ccccc1C(=O)Nc1ccc(S(=O)(=O)N(C)C2CCCCC2)cc1. The van der Waals surface area contributed by atoms with E-state index in [1.54, 1.807) is 37.4 Å². The zero-order chi connectivity index (χ0) is 19.4. The number of nitrogens with zero attached hydrogens (tertiary/aromatic N) is 1. The summed E-state index contributed by atoms with van der Waals surface area (Å²) in [4.78, 5) is 12.6. The van der Waals surface area contributed by atoms with Gasteiger partial charge in [-0.1, -0.05) is 37.5 Å². The van der Waals surface area contributed by atoms with Crippen LogP contribution in [0.25, 0.3) is 0 Å². The Morgan fingerprint density at radius 3 is 2.26 bits per heavy atom. The van der Waals surface area contributed by atoms with E-state index in [1.807, 2.05) is 25.1 Å². The van der Waals surface area contributed by atoms with Crippen LogP contribution in [-0.2, 0) is 10.0 Å². The average molecular weight is 387 g/mol. The molecular weight excluding hydrogens is 360 g/mol. The van der Waals surface area contributed by atoms with Crippen molar-refractivity contribution in [2.75, 3.05) is 12.4 Å². The first kappa shape index (κ1) is 19.6. The number of amides is 1. The summed E-state index contributed by atoms with van der Waals surface area (Å²) in [5.41, 5.74) is 2.07. The predicted octanol–water partition coefficient (Wildman–Crippen LogP) is 4.20. The molecule has 1 aliphatic carbocycles. The Hall–Kier alpha value is -2.18. The third kappa shape index (κ3) is 4.39. The van der Waals surface area contributed by atoms with E-state index >= 15 is 0 Å². The Labute approximate surface area is 161 Å². The van der Waals surface area contributed by atoms with Crippen LogP contribution in [-0.4, -0.2) is 31.7 Å². The van der Waals surface area contributed by atoms with Crippen molar-refractivity contribution in [1.82, 2.24) is 4.31 Å². The number of hydrogen-bond donors (Lipinski definition) is 1. The zero-order valence-corrected chi connectivity index (χ0v) is 16.6. The lowest BCUT2D eigenvalue weighted by Gasteiger charge is -2.30. The lowest BCUT2D eigenvalue weighted by atomic mass is 9.96. The van der Waals surface area contributed by atoms with Crippen molar-refractivity contribution in [3.8, 4) is 0 Å². The van der Waals surface area contributed by atoms with Gasteiger partial charge in [0.05, 0.1) is 4.90 Å². The van der Waals surface area contributed by atoms with Crippen LogP contribution in [0, 0.1) is 6.92 Å². The lowest BCUT2D eigenvalue weighted by Crippen LogP contribution is -2.38. The number of benzene rings is 2. The molecule has 0 atom stereocenters. The molecule has 1 aliphatic rings. The number of hydrogen-bond acceptors (Lipinski definition) is 3. The van der Waals surface area contributed by atoms with Crippen LogP contribution in [0.1, 0.15) is 48.0 Å². The normalized spacial score (nSPS) is 15.7. The van der Waals surface area contributed by atoms with Gasteiger partial charge in [0.1, 0.15) is 0 Å². The molecule has 0 aromatic heterocycles. The van der Waals surface area contributed by atoms with Crippen molar-refractivity contribution in [1.29, 1.82) is 0 Å². The summed E-state index contributed by atoms with van der Waals surface area (Å²) in [6.45, 7) is 1.88. The summed E-state index contributed by atoms with van der Waals surface area (Å²) in [5, 5.41) is 2.82. The second-order valence-electron chi connectivity index (χ2n) is 7.11. The van der Waals surface area contributed by atoms with Crippen LogP contribution in [0.15, 0.2) is 53.4 Å². The van der Waals surface area contributed by atoms with Crippen molar-refractivity contribution >= 4 is 21.6 Å². The molecule has 2 aromatic rings. The molecule has 0 bridgehead atoms. The molecule has 0 spiro atoms. The molecule has 1 saturated carbocycles. The Bertz CT molecular complexity index is 901. The zero-order valence-electron chi connectivity index (χ0n) is 15.8. The number of anilines is 1. The van der Waals surface area contributed by atoms with Gasteiger partial charge in [-0.2, -0.15) is 4.31 Å². The van der Waals surface area contributed by atoms with Gasteiger partial charge < -0.3 is 5.32 Å². The van der Waals surface area contributed by atoms with E-state index in [-0.39, 0.29) is 16.8 Å². The van der Waals surface area contributed by atoms with Crippen LogP contribution >= 0.6 is 0 Å². The molecule has 2 aromatic carbocycles. The fourth-order valence-corrected chi connectivity index (χ4v) is 4.96. The van der Waals surface area contributed by atoms with Gasteiger partial charge >= 0.3 is 0 Å². The fourth-order valence-electron chi connectivity index (χ4n) is 3.54. The van der Waals surface area contributed by atoms with E-state index < -0.39 is 10.0 Å². The molecule has 3 rings (SSSR count). The number of aryl methyl sites for hydroxylation is 1. The minimum atomic E-state index is -3.52. The van der Waals surface area contributed by atoms with Crippen LogP contribution in [0.5, 0.6) is 0 Å². The van der Waals surface area contributed by atoms with Gasteiger partial charge in [-0.15, -0.1) is 0 Å². The predicted molar refractivity (Wildman–Crippen MR) is 107 cm³/mol. The summed E-state index contributed by atoms with van der Waals surface area (Å²) in [6.07, 6.45) is 5.17. The topological polar surface area (TPSA) is 66.5 Å². The van der Waals surface area contributed by atoms with Crippen molar-refractivity contribution in [2.45, 2.75) is 50.0 Å². The first-order valence-corrected chi connectivity index (χ1v) is 10.8. The molecule has 0 radical (unpaired) electrons. The van der Waals surface area contributed by atoms with Gasteiger partial charge in [0.2, 0.25) is 10.0 Å². The van der Waals surface area contributed by atoms with Gasteiger partial charge in [0.25, 0.3) is 5.91 Å². The summed E-state index contributed by atoms with van der Waals surface area (Å²) in [6, 6.07) is 13.8. The molecule has 0 heterocycles. The molecule has 6 heteroatoms. The number of carbonyl (C=O) groups is 1. The molecule has 0 saturated heterocycles. The van der Waals surface area contributed by atoms with Crippen LogP contribution in [0.2, 0.25) is 0 Å². The first-order chi connectivity index (χ1) is 12.9. The smallest absolute Gasteiger partial charge is 0.255 e. The maximum atomic E-state index is 12.9. The highest BCUT2D eigenvalue weighted by Crippen LogP contribution is 2.27. The van der Waals surface area contributed by atoms with Crippen molar-refractivity contribution < 1.29 is 13.2 Å². The van der Waals surface area contributed by atoms with E-state index in [9.17, 15) is 13.2 Å². The van der Waals surface area contributed by atoms with Crippen molar-refractivity contribution in [3.63, 3.8) is 0 Å². The van der Waals surface area contributed by atoms with Crippen LogP contribution < -0.4 is 5.32 Å². The van der Waals surface area contributed by atoms with Crippen molar-refractivity contribution in [3.05, 3.63) is 59.7 Å². The van der Waals surface area contributed by atoms with Crippen molar-refractivity contribution in [2.24, 2.45) is 0 Å². The minimum Gasteiger partial charge on any atom is -0.322 e. The van der Waals surface area contributed by atoms with E-state index in [1.165, 1.54) is 10.7 Å². The molecule has 144 valence electrons. The van der Waals surface area contributed by atoms with Gasteiger partial charge in [0.15, 0.2) is 0 Å². The number of sulfonamides is 1. The molecule has 0 unspecified atom stereocenters. The molecule has 5 nitrogen and oxygen atoms in total. The molecular formula is C21H26N2O3S. The monoisotopic (exact) mass is 386 g/mol. The number of nitrogens with one attached hydrogen (secondary N) is 1. The maximum Gasteiger partial charge on any atom is 0.255 e. The Morgan fingerprint density at radius 1 is 1.00 bits per heavy atom. The maximum absolute atomic E-state index is 12.9. The van der Waals surface area contributed by atoms with Crippen LogP contribution in [0.4, 0.5) is 5.69 Å². The molecule has 1 amide bonds. The first-order valence-electron chi connectivity index (χ1n) is 9.34. The standard InChI is InChI=1S/C21H26N2O3S/c1-16-8-6-7-11-20(16)21(24)22-17-12-14-19(15-13-17)27(25,26)23(2)18-9-4-3-5-10-18/h6-8,11-15,18H,3-5,9-10H2,1-2H3,(H,22,24). The Morgan fingerprint density at radius 2 is 1.63 bits per heavy atom. The molecule has 27 heavy (non-hydrogen) atoms. The Balaban J connectivity index is 1.72. The summed E-state index contributed by atoms with van der Waals surface area (Å²) >= 11 is 0. The third-order valence-electron chi connectivity index (χ3n) is 5.27. The second-order valence-corrected chi connectivity index (χ2v) is 9.10. The third-order valence-corrected chi connectivity index (χ3v) is 7.19.